The highest BCUT2D eigenvalue weighted by Gasteiger charge is 1.78. The van der Waals surface area contributed by atoms with Crippen LogP contribution in [0.1, 0.15) is 4.88 Å². The molecule has 2 rings (SSSR count). The van der Waals surface area contributed by atoms with Crippen molar-refractivity contribution in [2.45, 2.75) is 6.92 Å². The molecule has 0 aliphatic heterocycles. The number of hydrogen-bond donors (Lipinski definition) is 0. The van der Waals surface area contributed by atoms with Gasteiger partial charge < -0.3 is 4.42 Å². The molecule has 0 aromatic carbocycles. The Morgan fingerprint density at radius 1 is 1.27 bits per heavy atom. The van der Waals surface area contributed by atoms with Gasteiger partial charge in [-0.3, -0.25) is 0 Å². The summed E-state index contributed by atoms with van der Waals surface area (Å²) in [7, 11) is 0. The highest BCUT2D eigenvalue weighted by molar-refractivity contribution is 7.05. The SMILES string of the molecule is Cc1cnns1.c1nnco1. The van der Waals surface area contributed by atoms with Gasteiger partial charge in [0.2, 0.25) is 12.8 Å². The fourth-order valence-corrected chi connectivity index (χ4v) is 0.670. The minimum absolute atomic E-state index is 1.16. The Morgan fingerprint density at radius 2 is 2.00 bits per heavy atom. The molecule has 0 saturated carbocycles. The number of hydrogen-bond acceptors (Lipinski definition) is 6. The van der Waals surface area contributed by atoms with Crippen LogP contribution in [-0.4, -0.2) is 19.8 Å². The molecular formula is C5H6N4OS. The first-order chi connectivity index (χ1) is 5.39. The predicted octanol–water partition coefficient (Wildman–Crippen LogP) is 0.916. The molecule has 2 heterocycles. The zero-order valence-corrected chi connectivity index (χ0v) is 6.65. The lowest BCUT2D eigenvalue weighted by atomic mass is 10.7. The van der Waals surface area contributed by atoms with Gasteiger partial charge in [-0.2, -0.15) is 0 Å². The summed E-state index contributed by atoms with van der Waals surface area (Å²) in [6.45, 7) is 1.98. The Balaban J connectivity index is 0.000000112. The van der Waals surface area contributed by atoms with Crippen molar-refractivity contribution in [3.8, 4) is 0 Å². The van der Waals surface area contributed by atoms with Crippen LogP contribution in [-0.2, 0) is 0 Å². The first-order valence-electron chi connectivity index (χ1n) is 2.82. The van der Waals surface area contributed by atoms with Gasteiger partial charge in [0.05, 0.1) is 6.20 Å². The third-order valence-electron chi connectivity index (χ3n) is 0.754. The third kappa shape index (κ3) is 3.41. The van der Waals surface area contributed by atoms with Gasteiger partial charge in [-0.15, -0.1) is 15.3 Å². The lowest BCUT2D eigenvalue weighted by Gasteiger charge is -1.60. The van der Waals surface area contributed by atoms with E-state index in [1.807, 2.05) is 6.92 Å². The first kappa shape index (κ1) is 7.80. The van der Waals surface area contributed by atoms with Crippen molar-refractivity contribution < 1.29 is 4.42 Å². The number of rotatable bonds is 0. The number of aromatic nitrogens is 4. The fraction of sp³-hybridized carbons (Fsp3) is 0.200. The molecule has 0 radical (unpaired) electrons. The van der Waals surface area contributed by atoms with E-state index >= 15 is 0 Å². The van der Waals surface area contributed by atoms with Gasteiger partial charge in [-0.25, -0.2) is 0 Å². The van der Waals surface area contributed by atoms with Gasteiger partial charge in [-0.05, 0) is 18.5 Å². The van der Waals surface area contributed by atoms with Gasteiger partial charge in [0.25, 0.3) is 0 Å². The average Bonchev–Trinajstić information content (AvgIpc) is 2.57. The summed E-state index contributed by atoms with van der Waals surface area (Å²) in [6.07, 6.45) is 4.27. The van der Waals surface area contributed by atoms with Crippen molar-refractivity contribution in [1.29, 1.82) is 0 Å². The van der Waals surface area contributed by atoms with Gasteiger partial charge in [-0.1, -0.05) is 4.49 Å². The van der Waals surface area contributed by atoms with Crippen LogP contribution in [0, 0.1) is 6.92 Å². The summed E-state index contributed by atoms with van der Waals surface area (Å²) in [6, 6.07) is 0. The van der Waals surface area contributed by atoms with Crippen LogP contribution in [0.5, 0.6) is 0 Å². The van der Waals surface area contributed by atoms with Crippen molar-refractivity contribution in [3.63, 3.8) is 0 Å². The molecule has 0 aliphatic rings. The molecule has 0 fully saturated rings. The molecule has 0 amide bonds. The Labute approximate surface area is 67.3 Å². The van der Waals surface area contributed by atoms with E-state index in [1.54, 1.807) is 6.20 Å². The quantitative estimate of drug-likeness (QED) is 0.588. The summed E-state index contributed by atoms with van der Waals surface area (Å²) in [5.74, 6) is 0. The maximum atomic E-state index is 4.36. The van der Waals surface area contributed by atoms with Crippen LogP contribution in [0.15, 0.2) is 23.4 Å². The van der Waals surface area contributed by atoms with Crippen LogP contribution in [0.3, 0.4) is 0 Å². The summed E-state index contributed by atoms with van der Waals surface area (Å²) >= 11 is 1.42. The molecule has 0 bridgehead atoms. The second-order valence-electron chi connectivity index (χ2n) is 1.61. The molecule has 58 valence electrons. The summed E-state index contributed by atoms with van der Waals surface area (Å²) in [5, 5.41) is 10.2. The Kier molecular flexibility index (Phi) is 3.20. The maximum absolute atomic E-state index is 4.36. The molecule has 0 unspecified atom stereocenters. The van der Waals surface area contributed by atoms with E-state index in [-0.39, 0.29) is 0 Å². The molecule has 0 atom stereocenters. The smallest absolute Gasteiger partial charge is 0.203 e. The minimum atomic E-state index is 1.16. The van der Waals surface area contributed by atoms with Crippen LogP contribution in [0.4, 0.5) is 0 Å². The van der Waals surface area contributed by atoms with Crippen molar-refractivity contribution in [1.82, 2.24) is 19.8 Å². The molecule has 2 aromatic heterocycles. The molecule has 0 N–H and O–H groups in total. The molecule has 0 aliphatic carbocycles. The second-order valence-corrected chi connectivity index (χ2v) is 2.60. The van der Waals surface area contributed by atoms with E-state index in [4.69, 9.17) is 0 Å². The van der Waals surface area contributed by atoms with Crippen LogP contribution < -0.4 is 0 Å². The Morgan fingerprint density at radius 3 is 2.18 bits per heavy atom. The van der Waals surface area contributed by atoms with Crippen LogP contribution in [0.2, 0.25) is 0 Å². The van der Waals surface area contributed by atoms with Gasteiger partial charge >= 0.3 is 0 Å². The highest BCUT2D eigenvalue weighted by Crippen LogP contribution is 1.94. The van der Waals surface area contributed by atoms with E-state index in [2.05, 4.69) is 24.2 Å². The molecule has 6 heteroatoms. The molecular weight excluding hydrogens is 164 g/mol. The largest absolute Gasteiger partial charge is 0.431 e. The minimum Gasteiger partial charge on any atom is -0.431 e. The van der Waals surface area contributed by atoms with E-state index in [1.165, 1.54) is 24.3 Å². The van der Waals surface area contributed by atoms with Crippen molar-refractivity contribution in [2.75, 3.05) is 0 Å². The molecule has 2 aromatic rings. The van der Waals surface area contributed by atoms with Crippen molar-refractivity contribution >= 4 is 11.5 Å². The normalized spacial score (nSPS) is 8.45. The summed E-state index contributed by atoms with van der Waals surface area (Å²) in [5.41, 5.74) is 0. The predicted molar refractivity (Wildman–Crippen MR) is 38.9 cm³/mol. The van der Waals surface area contributed by atoms with E-state index < -0.39 is 0 Å². The lowest BCUT2D eigenvalue weighted by molar-refractivity contribution is 0.553. The maximum Gasteiger partial charge on any atom is 0.203 e. The monoisotopic (exact) mass is 170 g/mol. The Hall–Kier alpha value is -1.30. The van der Waals surface area contributed by atoms with Gasteiger partial charge in [0.15, 0.2) is 0 Å². The topological polar surface area (TPSA) is 64.7 Å². The molecule has 0 spiro atoms. The van der Waals surface area contributed by atoms with E-state index in [0.29, 0.717) is 0 Å². The summed E-state index contributed by atoms with van der Waals surface area (Å²) < 4.78 is 7.97. The van der Waals surface area contributed by atoms with Crippen LogP contribution >= 0.6 is 11.5 Å². The zero-order chi connectivity index (χ0) is 7.94. The summed E-state index contributed by atoms with van der Waals surface area (Å²) in [4.78, 5) is 1.16. The van der Waals surface area contributed by atoms with E-state index in [0.717, 1.165) is 4.88 Å². The first-order valence-corrected chi connectivity index (χ1v) is 3.59. The van der Waals surface area contributed by atoms with Crippen LogP contribution in [0.25, 0.3) is 0 Å². The van der Waals surface area contributed by atoms with Crippen molar-refractivity contribution in [3.05, 3.63) is 23.9 Å². The lowest BCUT2D eigenvalue weighted by Crippen LogP contribution is -1.53. The zero-order valence-electron chi connectivity index (χ0n) is 5.84. The average molecular weight is 170 g/mol. The molecule has 5 nitrogen and oxygen atoms in total. The number of nitrogens with zero attached hydrogens (tertiary/aromatic N) is 4. The standard InChI is InChI=1S/C3H4N2S.C2H2N2O/c1-3-2-4-5-6-3;1-3-4-2-5-1/h2H,1H3;1-2H. The highest BCUT2D eigenvalue weighted by atomic mass is 32.1. The fourth-order valence-electron chi connectivity index (χ4n) is 0.352. The third-order valence-corrected chi connectivity index (χ3v) is 1.32. The molecule has 0 saturated heterocycles. The number of aryl methyl sites for hydroxylation is 1. The van der Waals surface area contributed by atoms with E-state index in [9.17, 15) is 0 Å². The van der Waals surface area contributed by atoms with Gasteiger partial charge in [0, 0.05) is 4.88 Å². The molecule has 11 heavy (non-hydrogen) atoms. The van der Waals surface area contributed by atoms with Gasteiger partial charge in [0.1, 0.15) is 0 Å². The second kappa shape index (κ2) is 4.51. The van der Waals surface area contributed by atoms with Crippen molar-refractivity contribution in [2.24, 2.45) is 0 Å². The Bertz CT molecular complexity index is 237.